The standard InChI is InChI=1S/C16H27N3O/c1-3-7-18-16(15-6-10-20-13-15)12-19(2)11-14-4-8-17-9-5-14/h4-5,8-9,15-16,18H,3,6-7,10-13H2,1-2H3. The van der Waals surface area contributed by atoms with E-state index in [2.05, 4.69) is 41.3 Å². The van der Waals surface area contributed by atoms with Gasteiger partial charge in [0.1, 0.15) is 0 Å². The average molecular weight is 277 g/mol. The summed E-state index contributed by atoms with van der Waals surface area (Å²) in [6.45, 7) is 7.17. The first-order valence-corrected chi connectivity index (χ1v) is 7.68. The normalized spacial score (nSPS) is 20.4. The predicted molar refractivity (Wildman–Crippen MR) is 81.6 cm³/mol. The zero-order valence-electron chi connectivity index (χ0n) is 12.7. The molecule has 2 unspecified atom stereocenters. The lowest BCUT2D eigenvalue weighted by Gasteiger charge is -2.28. The minimum Gasteiger partial charge on any atom is -0.381 e. The number of hydrogen-bond donors (Lipinski definition) is 1. The van der Waals surface area contributed by atoms with Crippen LogP contribution in [0.4, 0.5) is 0 Å². The Hall–Kier alpha value is -0.970. The van der Waals surface area contributed by atoms with E-state index in [9.17, 15) is 0 Å². The van der Waals surface area contributed by atoms with Crippen LogP contribution >= 0.6 is 0 Å². The van der Waals surface area contributed by atoms with E-state index in [1.54, 1.807) is 0 Å². The Morgan fingerprint density at radius 1 is 1.45 bits per heavy atom. The van der Waals surface area contributed by atoms with E-state index in [0.29, 0.717) is 12.0 Å². The summed E-state index contributed by atoms with van der Waals surface area (Å²) in [6, 6.07) is 4.71. The number of likely N-dealkylation sites (N-methyl/N-ethyl adjacent to an activating group) is 1. The zero-order chi connectivity index (χ0) is 14.2. The monoisotopic (exact) mass is 277 g/mol. The minimum atomic E-state index is 0.532. The van der Waals surface area contributed by atoms with Crippen LogP contribution in [0, 0.1) is 5.92 Å². The Bertz CT molecular complexity index is 365. The SMILES string of the molecule is CCCNC(CN(C)Cc1ccncc1)C1CCOC1. The number of aromatic nitrogens is 1. The Morgan fingerprint density at radius 3 is 2.90 bits per heavy atom. The summed E-state index contributed by atoms with van der Waals surface area (Å²) < 4.78 is 5.55. The molecule has 0 aromatic carbocycles. The van der Waals surface area contributed by atoms with Gasteiger partial charge in [-0.3, -0.25) is 4.98 Å². The molecule has 0 radical (unpaired) electrons. The third-order valence-corrected chi connectivity index (χ3v) is 3.90. The fraction of sp³-hybridized carbons (Fsp3) is 0.688. The van der Waals surface area contributed by atoms with Gasteiger partial charge in [0.2, 0.25) is 0 Å². The van der Waals surface area contributed by atoms with Gasteiger partial charge in [-0.05, 0) is 44.1 Å². The Labute approximate surface area is 122 Å². The van der Waals surface area contributed by atoms with E-state index >= 15 is 0 Å². The van der Waals surface area contributed by atoms with Crippen molar-refractivity contribution in [2.75, 3.05) is 33.4 Å². The molecular formula is C16H27N3O. The summed E-state index contributed by atoms with van der Waals surface area (Å²) in [7, 11) is 2.19. The quantitative estimate of drug-likeness (QED) is 0.788. The van der Waals surface area contributed by atoms with Crippen molar-refractivity contribution in [3.63, 3.8) is 0 Å². The highest BCUT2D eigenvalue weighted by molar-refractivity contribution is 5.09. The van der Waals surface area contributed by atoms with Crippen LogP contribution in [0.3, 0.4) is 0 Å². The lowest BCUT2D eigenvalue weighted by atomic mass is 9.98. The van der Waals surface area contributed by atoms with Gasteiger partial charge >= 0.3 is 0 Å². The van der Waals surface area contributed by atoms with Crippen molar-refractivity contribution < 1.29 is 4.74 Å². The van der Waals surface area contributed by atoms with Gasteiger partial charge in [-0.25, -0.2) is 0 Å². The first kappa shape index (κ1) is 15.4. The zero-order valence-corrected chi connectivity index (χ0v) is 12.7. The first-order chi connectivity index (χ1) is 9.79. The molecule has 112 valence electrons. The highest BCUT2D eigenvalue weighted by atomic mass is 16.5. The van der Waals surface area contributed by atoms with Gasteiger partial charge in [0, 0.05) is 44.0 Å². The molecule has 1 aliphatic rings. The predicted octanol–water partition coefficient (Wildman–Crippen LogP) is 1.92. The molecule has 1 saturated heterocycles. The Kier molecular flexibility index (Phi) is 6.43. The summed E-state index contributed by atoms with van der Waals surface area (Å²) in [5.74, 6) is 0.654. The summed E-state index contributed by atoms with van der Waals surface area (Å²) in [6.07, 6.45) is 6.09. The van der Waals surface area contributed by atoms with E-state index in [-0.39, 0.29) is 0 Å². The summed E-state index contributed by atoms with van der Waals surface area (Å²) in [4.78, 5) is 6.46. The van der Waals surface area contributed by atoms with Crippen molar-refractivity contribution in [2.24, 2.45) is 5.92 Å². The second-order valence-electron chi connectivity index (χ2n) is 5.74. The van der Waals surface area contributed by atoms with Gasteiger partial charge < -0.3 is 15.0 Å². The van der Waals surface area contributed by atoms with E-state index in [4.69, 9.17) is 4.74 Å². The lowest BCUT2D eigenvalue weighted by Crippen LogP contribution is -2.45. The molecule has 0 aliphatic carbocycles. The number of nitrogens with one attached hydrogen (secondary N) is 1. The molecule has 0 bridgehead atoms. The van der Waals surface area contributed by atoms with Crippen LogP contribution in [0.5, 0.6) is 0 Å². The van der Waals surface area contributed by atoms with Crippen molar-refractivity contribution in [1.82, 2.24) is 15.2 Å². The van der Waals surface area contributed by atoms with Crippen LogP contribution in [-0.2, 0) is 11.3 Å². The van der Waals surface area contributed by atoms with E-state index in [1.165, 1.54) is 18.4 Å². The largest absolute Gasteiger partial charge is 0.381 e. The molecule has 1 fully saturated rings. The maximum absolute atomic E-state index is 5.55. The van der Waals surface area contributed by atoms with E-state index < -0.39 is 0 Å². The molecule has 2 heterocycles. The second-order valence-corrected chi connectivity index (χ2v) is 5.74. The van der Waals surface area contributed by atoms with Gasteiger partial charge in [0.05, 0.1) is 6.61 Å². The molecule has 4 nitrogen and oxygen atoms in total. The van der Waals surface area contributed by atoms with Gasteiger partial charge in [-0.15, -0.1) is 0 Å². The first-order valence-electron chi connectivity index (χ1n) is 7.68. The van der Waals surface area contributed by atoms with Crippen molar-refractivity contribution in [2.45, 2.75) is 32.4 Å². The molecule has 1 aromatic rings. The maximum atomic E-state index is 5.55. The molecule has 1 aliphatic heterocycles. The third kappa shape index (κ3) is 4.85. The number of ether oxygens (including phenoxy) is 1. The molecular weight excluding hydrogens is 250 g/mol. The van der Waals surface area contributed by atoms with Crippen molar-refractivity contribution >= 4 is 0 Å². The van der Waals surface area contributed by atoms with E-state index in [0.717, 1.165) is 32.8 Å². The van der Waals surface area contributed by atoms with Crippen LogP contribution < -0.4 is 5.32 Å². The summed E-state index contributed by atoms with van der Waals surface area (Å²) >= 11 is 0. The molecule has 0 saturated carbocycles. The Balaban J connectivity index is 1.85. The minimum absolute atomic E-state index is 0.532. The fourth-order valence-corrected chi connectivity index (χ4v) is 2.78. The smallest absolute Gasteiger partial charge is 0.0510 e. The second kappa shape index (κ2) is 8.35. The fourth-order valence-electron chi connectivity index (χ4n) is 2.78. The van der Waals surface area contributed by atoms with Crippen molar-refractivity contribution in [3.05, 3.63) is 30.1 Å². The number of pyridine rings is 1. The maximum Gasteiger partial charge on any atom is 0.0510 e. The van der Waals surface area contributed by atoms with Crippen LogP contribution in [0.25, 0.3) is 0 Å². The highest BCUT2D eigenvalue weighted by Crippen LogP contribution is 2.18. The van der Waals surface area contributed by atoms with Gasteiger partial charge in [0.15, 0.2) is 0 Å². The lowest BCUT2D eigenvalue weighted by molar-refractivity contribution is 0.165. The molecule has 0 amide bonds. The molecule has 4 heteroatoms. The summed E-state index contributed by atoms with van der Waals surface area (Å²) in [5, 5.41) is 3.69. The molecule has 0 spiro atoms. The van der Waals surface area contributed by atoms with Gasteiger partial charge in [-0.1, -0.05) is 6.92 Å². The molecule has 2 rings (SSSR count). The number of rotatable bonds is 8. The molecule has 20 heavy (non-hydrogen) atoms. The van der Waals surface area contributed by atoms with Gasteiger partial charge in [-0.2, -0.15) is 0 Å². The topological polar surface area (TPSA) is 37.4 Å². The third-order valence-electron chi connectivity index (χ3n) is 3.90. The Morgan fingerprint density at radius 2 is 2.25 bits per heavy atom. The van der Waals surface area contributed by atoms with Gasteiger partial charge in [0.25, 0.3) is 0 Å². The van der Waals surface area contributed by atoms with Crippen LogP contribution in [0.15, 0.2) is 24.5 Å². The molecule has 1 N–H and O–H groups in total. The van der Waals surface area contributed by atoms with E-state index in [1.807, 2.05) is 12.4 Å². The van der Waals surface area contributed by atoms with Crippen LogP contribution in [0.2, 0.25) is 0 Å². The van der Waals surface area contributed by atoms with Crippen LogP contribution in [0.1, 0.15) is 25.3 Å². The number of hydrogen-bond acceptors (Lipinski definition) is 4. The van der Waals surface area contributed by atoms with Crippen molar-refractivity contribution in [1.29, 1.82) is 0 Å². The average Bonchev–Trinajstić information content (AvgIpc) is 2.98. The summed E-state index contributed by atoms with van der Waals surface area (Å²) in [5.41, 5.74) is 1.32. The molecule has 1 aromatic heterocycles. The van der Waals surface area contributed by atoms with Crippen LogP contribution in [-0.4, -0.2) is 49.3 Å². The molecule has 2 atom stereocenters. The highest BCUT2D eigenvalue weighted by Gasteiger charge is 2.26. The number of nitrogens with zero attached hydrogens (tertiary/aromatic N) is 2. The van der Waals surface area contributed by atoms with Crippen molar-refractivity contribution in [3.8, 4) is 0 Å².